The molecule has 0 bridgehead atoms. The quantitative estimate of drug-likeness (QED) is 0.356. The molecule has 0 aromatic carbocycles. The van der Waals surface area contributed by atoms with Crippen LogP contribution in [0.1, 0.15) is 19.8 Å². The van der Waals surface area contributed by atoms with Crippen LogP contribution < -0.4 is 11.1 Å². The monoisotopic (exact) mass is 303 g/mol. The van der Waals surface area contributed by atoms with E-state index in [0.29, 0.717) is 19.4 Å². The van der Waals surface area contributed by atoms with Crippen molar-refractivity contribution < 1.29 is 29.7 Å². The van der Waals surface area contributed by atoms with Crippen molar-refractivity contribution in [2.24, 2.45) is 5.73 Å². The molecule has 0 saturated carbocycles. The number of carbonyl (C=O) groups is 3. The highest BCUT2D eigenvalue weighted by Gasteiger charge is 2.38. The first-order chi connectivity index (χ1) is 9.79. The number of hydrogen-bond donors (Lipinski definition) is 5. The smallest absolute Gasteiger partial charge is 0.328 e. The van der Waals surface area contributed by atoms with Crippen LogP contribution in [-0.2, 0) is 14.4 Å². The molecule has 4 atom stereocenters. The lowest BCUT2D eigenvalue weighted by molar-refractivity contribution is -0.146. The molecule has 9 nitrogen and oxygen atoms in total. The van der Waals surface area contributed by atoms with Crippen molar-refractivity contribution in [3.05, 3.63) is 0 Å². The summed E-state index contributed by atoms with van der Waals surface area (Å²) in [5.41, 5.74) is 5.45. The Morgan fingerprint density at radius 3 is 2.52 bits per heavy atom. The first kappa shape index (κ1) is 17.3. The fourth-order valence-electron chi connectivity index (χ4n) is 2.23. The molecule has 1 fully saturated rings. The zero-order valence-corrected chi connectivity index (χ0v) is 11.7. The van der Waals surface area contributed by atoms with E-state index in [4.69, 9.17) is 15.9 Å². The highest BCUT2D eigenvalue weighted by atomic mass is 16.4. The van der Waals surface area contributed by atoms with Gasteiger partial charge in [0.1, 0.15) is 12.1 Å². The number of aliphatic hydroxyl groups excluding tert-OH is 2. The summed E-state index contributed by atoms with van der Waals surface area (Å²) in [6, 6.07) is -3.39. The Morgan fingerprint density at radius 1 is 1.43 bits per heavy atom. The van der Waals surface area contributed by atoms with Gasteiger partial charge in [-0.2, -0.15) is 0 Å². The summed E-state index contributed by atoms with van der Waals surface area (Å²) in [4.78, 5) is 36.2. The van der Waals surface area contributed by atoms with Gasteiger partial charge in [0, 0.05) is 6.54 Å². The first-order valence-corrected chi connectivity index (χ1v) is 6.67. The number of amides is 2. The summed E-state index contributed by atoms with van der Waals surface area (Å²) in [6.45, 7) is 1.03. The van der Waals surface area contributed by atoms with Crippen LogP contribution in [0.15, 0.2) is 0 Å². The van der Waals surface area contributed by atoms with E-state index < -0.39 is 48.6 Å². The molecule has 6 N–H and O–H groups in total. The average molecular weight is 303 g/mol. The van der Waals surface area contributed by atoms with Crippen molar-refractivity contribution in [3.8, 4) is 0 Å². The number of nitrogens with one attached hydrogen (secondary N) is 1. The minimum Gasteiger partial charge on any atom is -0.480 e. The Labute approximate surface area is 121 Å². The van der Waals surface area contributed by atoms with Crippen LogP contribution >= 0.6 is 0 Å². The Kier molecular flexibility index (Phi) is 6.06. The molecule has 120 valence electrons. The molecule has 1 saturated heterocycles. The second-order valence-corrected chi connectivity index (χ2v) is 5.04. The Hall–Kier alpha value is -1.71. The lowest BCUT2D eigenvalue weighted by Crippen LogP contribution is -2.56. The SMILES string of the molecule is CC(O)C(NC(=O)C1CCCN1C(=O)C(N)CO)C(=O)O. The van der Waals surface area contributed by atoms with Gasteiger partial charge in [-0.15, -0.1) is 0 Å². The normalized spacial score (nSPS) is 22.5. The van der Waals surface area contributed by atoms with Gasteiger partial charge in [-0.05, 0) is 19.8 Å². The lowest BCUT2D eigenvalue weighted by Gasteiger charge is -2.27. The first-order valence-electron chi connectivity index (χ1n) is 6.67. The molecular formula is C12H21N3O6. The molecule has 1 heterocycles. The molecule has 1 rings (SSSR count). The fourth-order valence-corrected chi connectivity index (χ4v) is 2.23. The number of aliphatic hydroxyl groups is 2. The van der Waals surface area contributed by atoms with Gasteiger partial charge in [-0.3, -0.25) is 9.59 Å². The number of hydrogen-bond acceptors (Lipinski definition) is 6. The van der Waals surface area contributed by atoms with E-state index in [9.17, 15) is 19.5 Å². The van der Waals surface area contributed by atoms with E-state index in [2.05, 4.69) is 5.32 Å². The minimum atomic E-state index is -1.44. The van der Waals surface area contributed by atoms with Gasteiger partial charge in [0.2, 0.25) is 11.8 Å². The molecular weight excluding hydrogens is 282 g/mol. The van der Waals surface area contributed by atoms with Crippen LogP contribution in [0.4, 0.5) is 0 Å². The Balaban J connectivity index is 2.76. The maximum atomic E-state index is 12.1. The molecule has 0 aliphatic carbocycles. The summed E-state index contributed by atoms with van der Waals surface area (Å²) >= 11 is 0. The molecule has 2 amide bonds. The van der Waals surface area contributed by atoms with Crippen molar-refractivity contribution in [1.82, 2.24) is 10.2 Å². The molecule has 4 unspecified atom stereocenters. The van der Waals surface area contributed by atoms with E-state index in [1.807, 2.05) is 0 Å². The maximum absolute atomic E-state index is 12.1. The van der Waals surface area contributed by atoms with Crippen LogP contribution in [0.3, 0.4) is 0 Å². The van der Waals surface area contributed by atoms with E-state index >= 15 is 0 Å². The van der Waals surface area contributed by atoms with Crippen molar-refractivity contribution in [3.63, 3.8) is 0 Å². The number of carboxylic acids is 1. The highest BCUT2D eigenvalue weighted by molar-refractivity contribution is 5.92. The second-order valence-electron chi connectivity index (χ2n) is 5.04. The summed E-state index contributed by atoms with van der Waals surface area (Å²) in [5, 5.41) is 29.4. The van der Waals surface area contributed by atoms with Gasteiger partial charge in [0.05, 0.1) is 12.7 Å². The minimum absolute atomic E-state index is 0.317. The van der Waals surface area contributed by atoms with Crippen LogP contribution in [0.2, 0.25) is 0 Å². The van der Waals surface area contributed by atoms with Gasteiger partial charge in [0.25, 0.3) is 0 Å². The summed E-state index contributed by atoms with van der Waals surface area (Å²) in [7, 11) is 0. The number of nitrogens with two attached hydrogens (primary N) is 1. The van der Waals surface area contributed by atoms with E-state index in [0.717, 1.165) is 0 Å². The maximum Gasteiger partial charge on any atom is 0.328 e. The third-order valence-corrected chi connectivity index (χ3v) is 3.40. The van der Waals surface area contributed by atoms with Gasteiger partial charge < -0.3 is 31.3 Å². The van der Waals surface area contributed by atoms with E-state index in [-0.39, 0.29) is 0 Å². The predicted octanol–water partition coefficient (Wildman–Crippen LogP) is -2.75. The van der Waals surface area contributed by atoms with Gasteiger partial charge in [0.15, 0.2) is 6.04 Å². The largest absolute Gasteiger partial charge is 0.480 e. The molecule has 21 heavy (non-hydrogen) atoms. The number of nitrogens with zero attached hydrogens (tertiary/aromatic N) is 1. The zero-order valence-electron chi connectivity index (χ0n) is 11.7. The molecule has 9 heteroatoms. The van der Waals surface area contributed by atoms with Crippen molar-refractivity contribution in [1.29, 1.82) is 0 Å². The molecule has 1 aliphatic heterocycles. The lowest BCUT2D eigenvalue weighted by atomic mass is 10.1. The van der Waals surface area contributed by atoms with Crippen molar-refractivity contribution >= 4 is 17.8 Å². The van der Waals surface area contributed by atoms with E-state index in [1.54, 1.807) is 0 Å². The second kappa shape index (κ2) is 7.34. The average Bonchev–Trinajstić information content (AvgIpc) is 2.91. The van der Waals surface area contributed by atoms with E-state index in [1.165, 1.54) is 11.8 Å². The Morgan fingerprint density at radius 2 is 2.05 bits per heavy atom. The summed E-state index contributed by atoms with van der Waals surface area (Å²) < 4.78 is 0. The number of carboxylic acid groups (broad SMARTS) is 1. The number of carbonyl (C=O) groups excluding carboxylic acids is 2. The Bertz CT molecular complexity index is 414. The predicted molar refractivity (Wildman–Crippen MR) is 71.0 cm³/mol. The van der Waals surface area contributed by atoms with Gasteiger partial charge in [-0.1, -0.05) is 0 Å². The number of aliphatic carboxylic acids is 1. The van der Waals surface area contributed by atoms with Crippen molar-refractivity contribution in [2.75, 3.05) is 13.2 Å². The summed E-state index contributed by atoms with van der Waals surface area (Å²) in [6.07, 6.45) is -0.312. The standard InChI is InChI=1S/C12H21N3O6/c1-6(17)9(12(20)21)14-10(18)8-3-2-4-15(8)11(19)7(13)5-16/h6-9,16-17H,2-5,13H2,1H3,(H,14,18)(H,20,21). The molecule has 0 aromatic heterocycles. The summed E-state index contributed by atoms with van der Waals surface area (Å²) in [5.74, 6) is -2.57. The number of rotatable bonds is 6. The van der Waals surface area contributed by atoms with Gasteiger partial charge in [-0.25, -0.2) is 4.79 Å². The third-order valence-electron chi connectivity index (χ3n) is 3.40. The van der Waals surface area contributed by atoms with Crippen LogP contribution in [0.5, 0.6) is 0 Å². The fraction of sp³-hybridized carbons (Fsp3) is 0.750. The third kappa shape index (κ3) is 4.13. The van der Waals surface area contributed by atoms with Crippen LogP contribution in [0, 0.1) is 0 Å². The topological polar surface area (TPSA) is 153 Å². The highest BCUT2D eigenvalue weighted by Crippen LogP contribution is 2.18. The number of likely N-dealkylation sites (tertiary alicyclic amines) is 1. The van der Waals surface area contributed by atoms with Gasteiger partial charge >= 0.3 is 5.97 Å². The molecule has 1 aliphatic rings. The van der Waals surface area contributed by atoms with Crippen LogP contribution in [-0.4, -0.2) is 75.4 Å². The van der Waals surface area contributed by atoms with Crippen molar-refractivity contribution in [2.45, 2.75) is 44.0 Å². The molecule has 0 aromatic rings. The zero-order chi connectivity index (χ0) is 16.2. The molecule has 0 spiro atoms. The molecule has 0 radical (unpaired) electrons. The van der Waals surface area contributed by atoms with Crippen LogP contribution in [0.25, 0.3) is 0 Å².